The Bertz CT molecular complexity index is 1190. The maximum Gasteiger partial charge on any atom is 0.483 e. The number of amides is 2. The number of nitrogens with zero attached hydrogens (tertiary/aromatic N) is 4. The molecule has 2 aromatic rings. The highest BCUT2D eigenvalue weighted by molar-refractivity contribution is 7.93. The Kier molecular flexibility index (Phi) is 5.37. The van der Waals surface area contributed by atoms with Crippen LogP contribution in [-0.2, 0) is 16.1 Å². The summed E-state index contributed by atoms with van der Waals surface area (Å²) in [5, 5.41) is 10.5. The molecule has 2 atom stereocenters. The lowest BCUT2D eigenvalue weighted by molar-refractivity contribution is -0.0755. The Hall–Kier alpha value is -2.70. The van der Waals surface area contributed by atoms with Gasteiger partial charge in [-0.05, 0) is 49.3 Å². The van der Waals surface area contributed by atoms with E-state index in [0.29, 0.717) is 38.7 Å². The fourth-order valence-electron chi connectivity index (χ4n) is 5.57. The predicted octanol–water partition coefficient (Wildman–Crippen LogP) is 3.73. The van der Waals surface area contributed by atoms with Crippen LogP contribution in [-0.4, -0.2) is 67.1 Å². The van der Waals surface area contributed by atoms with Gasteiger partial charge in [-0.25, -0.2) is 18.2 Å². The molecule has 2 saturated heterocycles. The van der Waals surface area contributed by atoms with Crippen molar-refractivity contribution in [1.82, 2.24) is 25.2 Å². The molecule has 34 heavy (non-hydrogen) atoms. The Labute approximate surface area is 193 Å². The van der Waals surface area contributed by atoms with Crippen LogP contribution in [0.2, 0.25) is 0 Å². The molecule has 1 spiro atoms. The zero-order valence-corrected chi connectivity index (χ0v) is 19.0. The van der Waals surface area contributed by atoms with E-state index in [1.165, 1.54) is 6.07 Å². The molecule has 1 aromatic carbocycles. The van der Waals surface area contributed by atoms with Gasteiger partial charge in [0.25, 0.3) is 0 Å². The van der Waals surface area contributed by atoms with Gasteiger partial charge in [0.05, 0.1) is 16.8 Å². The molecule has 5 rings (SSSR count). The minimum atomic E-state index is -5.25. The first-order chi connectivity index (χ1) is 16.0. The van der Waals surface area contributed by atoms with Crippen molar-refractivity contribution in [2.45, 2.75) is 42.0 Å². The van der Waals surface area contributed by atoms with Crippen molar-refractivity contribution >= 4 is 15.8 Å². The van der Waals surface area contributed by atoms with Crippen molar-refractivity contribution in [3.8, 4) is 0 Å². The van der Waals surface area contributed by atoms with Gasteiger partial charge in [0, 0.05) is 37.5 Å². The largest absolute Gasteiger partial charge is 0.483 e. The number of alkyl halides is 3. The minimum Gasteiger partial charge on any atom is -0.324 e. The minimum absolute atomic E-state index is 0.0189. The van der Waals surface area contributed by atoms with Crippen LogP contribution in [0.1, 0.15) is 36.4 Å². The molecular formula is C21H24F4N6O2S. The molecule has 1 aromatic heterocycles. The number of aromatic nitrogens is 3. The number of carbonyl (C=O) groups is 1. The van der Waals surface area contributed by atoms with E-state index in [4.69, 9.17) is 4.78 Å². The summed E-state index contributed by atoms with van der Waals surface area (Å²) in [6, 6.07) is 2.72. The standard InChI is InChI=1S/C21H24F4N6O2S/c22-17-6-16(34(26,33)21(23,24)25)2-1-14(17)5-13-7-20(8-13)11-31(12-20)19(32)30-4-3-15(10-30)18-9-27-29-28-18/h1-2,6,9,13,15,26H,3-5,7-8,10-12H2,(H,27,28,29)/t15-,34?/m0/s1. The number of hydrogen-bond donors (Lipinski definition) is 2. The number of urea groups is 1. The number of aromatic amines is 1. The number of halogens is 4. The highest BCUT2D eigenvalue weighted by atomic mass is 32.2. The molecule has 1 unspecified atom stereocenters. The highest BCUT2D eigenvalue weighted by Crippen LogP contribution is 2.53. The SMILES string of the molecule is N=S(=O)(c1ccc(CC2CC3(C2)CN(C(=O)N2CC[C@H](c4cn[nH]n4)C2)C3)c(F)c1)C(F)(F)F. The Morgan fingerprint density at radius 1 is 1.26 bits per heavy atom. The second kappa shape index (κ2) is 7.92. The first-order valence-corrected chi connectivity index (χ1v) is 12.6. The molecule has 2 amide bonds. The third-order valence-corrected chi connectivity index (χ3v) is 8.84. The summed E-state index contributed by atoms with van der Waals surface area (Å²) in [5.74, 6) is -0.514. The van der Waals surface area contributed by atoms with Gasteiger partial charge in [-0.15, -0.1) is 0 Å². The van der Waals surface area contributed by atoms with Gasteiger partial charge in [0.15, 0.2) is 9.73 Å². The topological polar surface area (TPSA) is 106 Å². The summed E-state index contributed by atoms with van der Waals surface area (Å²) in [6.45, 7) is 2.60. The zero-order valence-electron chi connectivity index (χ0n) is 18.1. The fourth-order valence-corrected chi connectivity index (χ4v) is 6.36. The van der Waals surface area contributed by atoms with Gasteiger partial charge in [-0.1, -0.05) is 6.07 Å². The van der Waals surface area contributed by atoms with Gasteiger partial charge in [0.2, 0.25) is 0 Å². The molecule has 184 valence electrons. The molecule has 3 aliphatic rings. The number of hydrogen-bond acceptors (Lipinski definition) is 5. The van der Waals surface area contributed by atoms with Crippen molar-refractivity contribution in [2.24, 2.45) is 11.3 Å². The van der Waals surface area contributed by atoms with E-state index < -0.39 is 26.0 Å². The molecule has 2 aliphatic heterocycles. The van der Waals surface area contributed by atoms with E-state index in [2.05, 4.69) is 15.4 Å². The van der Waals surface area contributed by atoms with Crippen molar-refractivity contribution in [2.75, 3.05) is 26.2 Å². The third kappa shape index (κ3) is 3.93. The van der Waals surface area contributed by atoms with Crippen LogP contribution in [0.3, 0.4) is 0 Å². The molecule has 3 heterocycles. The molecule has 3 fully saturated rings. The van der Waals surface area contributed by atoms with Crippen molar-refractivity contribution in [1.29, 1.82) is 4.78 Å². The Balaban J connectivity index is 1.11. The smallest absolute Gasteiger partial charge is 0.324 e. The summed E-state index contributed by atoms with van der Waals surface area (Å²) in [6.07, 6.45) is 4.53. The first kappa shape index (κ1) is 23.1. The van der Waals surface area contributed by atoms with E-state index in [1.54, 1.807) is 6.20 Å². The average molecular weight is 501 g/mol. The summed E-state index contributed by atoms with van der Waals surface area (Å²) in [4.78, 5) is 15.6. The number of nitrogens with one attached hydrogen (secondary N) is 2. The fraction of sp³-hybridized carbons (Fsp3) is 0.571. The monoisotopic (exact) mass is 500 g/mol. The van der Waals surface area contributed by atoms with Gasteiger partial charge in [-0.2, -0.15) is 28.6 Å². The molecule has 1 aliphatic carbocycles. The van der Waals surface area contributed by atoms with E-state index in [1.807, 2.05) is 9.80 Å². The molecule has 2 N–H and O–H groups in total. The van der Waals surface area contributed by atoms with Crippen LogP contribution in [0.5, 0.6) is 0 Å². The molecule has 0 radical (unpaired) electrons. The molecule has 1 saturated carbocycles. The molecule has 0 bridgehead atoms. The van der Waals surface area contributed by atoms with Gasteiger partial charge < -0.3 is 9.80 Å². The summed E-state index contributed by atoms with van der Waals surface area (Å²) >= 11 is 0. The van der Waals surface area contributed by atoms with E-state index in [9.17, 15) is 26.6 Å². The lowest BCUT2D eigenvalue weighted by Crippen LogP contribution is -2.65. The predicted molar refractivity (Wildman–Crippen MR) is 113 cm³/mol. The normalized spacial score (nSPS) is 24.1. The van der Waals surface area contributed by atoms with Crippen LogP contribution in [0, 0.1) is 21.9 Å². The number of benzene rings is 1. The number of rotatable bonds is 4. The Morgan fingerprint density at radius 3 is 2.62 bits per heavy atom. The lowest BCUT2D eigenvalue weighted by Gasteiger charge is -2.59. The summed E-state index contributed by atoms with van der Waals surface area (Å²) in [5.41, 5.74) is -4.10. The van der Waals surface area contributed by atoms with Crippen molar-refractivity contribution in [3.05, 3.63) is 41.5 Å². The van der Waals surface area contributed by atoms with Crippen molar-refractivity contribution < 1.29 is 26.6 Å². The lowest BCUT2D eigenvalue weighted by atomic mass is 9.56. The summed E-state index contributed by atoms with van der Waals surface area (Å²) < 4.78 is 71.6. The number of likely N-dealkylation sites (tertiary alicyclic amines) is 2. The highest BCUT2D eigenvalue weighted by Gasteiger charge is 2.54. The molecule has 8 nitrogen and oxygen atoms in total. The van der Waals surface area contributed by atoms with Crippen LogP contribution < -0.4 is 0 Å². The van der Waals surface area contributed by atoms with Crippen LogP contribution in [0.4, 0.5) is 22.4 Å². The second-order valence-electron chi connectivity index (χ2n) is 9.70. The van der Waals surface area contributed by atoms with Crippen molar-refractivity contribution in [3.63, 3.8) is 0 Å². The molecule has 13 heteroatoms. The van der Waals surface area contributed by atoms with E-state index in [0.717, 1.165) is 31.0 Å². The van der Waals surface area contributed by atoms with Crippen LogP contribution in [0.25, 0.3) is 0 Å². The maximum absolute atomic E-state index is 14.4. The summed E-state index contributed by atoms with van der Waals surface area (Å²) in [7, 11) is -5.08. The number of carbonyl (C=O) groups excluding carboxylic acids is 1. The number of H-pyrrole nitrogens is 1. The Morgan fingerprint density at radius 2 is 2.00 bits per heavy atom. The third-order valence-electron chi connectivity index (χ3n) is 7.27. The van der Waals surface area contributed by atoms with E-state index >= 15 is 0 Å². The van der Waals surface area contributed by atoms with Gasteiger partial charge in [0.1, 0.15) is 5.82 Å². The maximum atomic E-state index is 14.4. The second-order valence-corrected chi connectivity index (χ2v) is 11.7. The van der Waals surface area contributed by atoms with Gasteiger partial charge >= 0.3 is 11.5 Å². The molecular weight excluding hydrogens is 476 g/mol. The quantitative estimate of drug-likeness (QED) is 0.624. The van der Waals surface area contributed by atoms with Crippen LogP contribution in [0.15, 0.2) is 29.3 Å². The van der Waals surface area contributed by atoms with Gasteiger partial charge in [-0.3, -0.25) is 0 Å². The van der Waals surface area contributed by atoms with E-state index in [-0.39, 0.29) is 28.8 Å². The zero-order chi connectivity index (χ0) is 24.3. The van der Waals surface area contributed by atoms with Crippen LogP contribution >= 0.6 is 0 Å². The first-order valence-electron chi connectivity index (χ1n) is 11.0. The average Bonchev–Trinajstić information content (AvgIpc) is 3.40.